The van der Waals surface area contributed by atoms with Crippen LogP contribution in [0.25, 0.3) is 0 Å². The fraction of sp³-hybridized carbons (Fsp3) is 0.778. The van der Waals surface area contributed by atoms with Crippen LogP contribution < -0.4 is 0 Å². The summed E-state index contributed by atoms with van der Waals surface area (Å²) in [5, 5.41) is 9.22. The third-order valence-electron chi connectivity index (χ3n) is 2.46. The third-order valence-corrected chi connectivity index (χ3v) is 3.46. The largest absolute Gasteiger partial charge is 0.147 e. The first-order valence-electron chi connectivity index (χ1n) is 4.49. The highest BCUT2D eigenvalue weighted by molar-refractivity contribution is 7.09. The van der Waals surface area contributed by atoms with Crippen LogP contribution in [0.5, 0.6) is 0 Å². The smallest absolute Gasteiger partial charge is 0.123 e. The zero-order chi connectivity index (χ0) is 9.03. The molecule has 0 aliphatic heterocycles. The van der Waals surface area contributed by atoms with Crippen LogP contribution >= 0.6 is 11.3 Å². The second kappa shape index (κ2) is 3.99. The van der Waals surface area contributed by atoms with Crippen molar-refractivity contribution in [1.82, 2.24) is 10.2 Å². The van der Waals surface area contributed by atoms with Gasteiger partial charge in [0.2, 0.25) is 0 Å². The van der Waals surface area contributed by atoms with Crippen molar-refractivity contribution in [1.29, 1.82) is 0 Å². The van der Waals surface area contributed by atoms with E-state index in [0.29, 0.717) is 0 Å². The molecule has 0 N–H and O–H groups in total. The lowest BCUT2D eigenvalue weighted by atomic mass is 9.84. The van der Waals surface area contributed by atoms with Gasteiger partial charge in [-0.25, -0.2) is 0 Å². The van der Waals surface area contributed by atoms with Gasteiger partial charge in [0.05, 0.1) is 0 Å². The minimum Gasteiger partial charge on any atom is -0.147 e. The Labute approximate surface area is 78.0 Å². The van der Waals surface area contributed by atoms with Crippen LogP contribution in [0.1, 0.15) is 45.0 Å². The maximum Gasteiger partial charge on any atom is 0.123 e. The van der Waals surface area contributed by atoms with Gasteiger partial charge in [-0.1, -0.05) is 27.2 Å². The van der Waals surface area contributed by atoms with Gasteiger partial charge in [-0.05, 0) is 12.8 Å². The van der Waals surface area contributed by atoms with Crippen LogP contribution in [-0.4, -0.2) is 10.2 Å². The van der Waals surface area contributed by atoms with Crippen molar-refractivity contribution in [3.05, 3.63) is 10.5 Å². The van der Waals surface area contributed by atoms with Gasteiger partial charge >= 0.3 is 0 Å². The molecule has 68 valence electrons. The Morgan fingerprint density at radius 1 is 1.50 bits per heavy atom. The molecule has 0 aliphatic rings. The summed E-state index contributed by atoms with van der Waals surface area (Å²) in [5.74, 6) is 0. The fourth-order valence-corrected chi connectivity index (χ4v) is 2.24. The third kappa shape index (κ3) is 1.83. The standard InChI is InChI=1S/C9H16N2S/c1-4-6-9(3,5-2)8-11-10-7-12-8/h7H,4-6H2,1-3H3. The van der Waals surface area contributed by atoms with Gasteiger partial charge in [0.1, 0.15) is 10.5 Å². The van der Waals surface area contributed by atoms with Crippen LogP contribution in [0.15, 0.2) is 5.51 Å². The maximum absolute atomic E-state index is 4.15. The topological polar surface area (TPSA) is 25.8 Å². The van der Waals surface area contributed by atoms with E-state index < -0.39 is 0 Å². The molecule has 2 nitrogen and oxygen atoms in total. The van der Waals surface area contributed by atoms with Crippen LogP contribution in [0.2, 0.25) is 0 Å². The Balaban J connectivity index is 2.80. The molecular formula is C9H16N2S. The van der Waals surface area contributed by atoms with E-state index >= 15 is 0 Å². The van der Waals surface area contributed by atoms with Crippen LogP contribution in [0.3, 0.4) is 0 Å². The first-order valence-corrected chi connectivity index (χ1v) is 5.37. The molecule has 0 amide bonds. The summed E-state index contributed by atoms with van der Waals surface area (Å²) in [6.07, 6.45) is 3.57. The van der Waals surface area contributed by atoms with Crippen LogP contribution in [-0.2, 0) is 5.41 Å². The maximum atomic E-state index is 4.15. The summed E-state index contributed by atoms with van der Waals surface area (Å²) >= 11 is 1.67. The van der Waals surface area contributed by atoms with Gasteiger partial charge in [0, 0.05) is 5.41 Å². The highest BCUT2D eigenvalue weighted by Gasteiger charge is 2.26. The zero-order valence-corrected chi connectivity index (χ0v) is 8.82. The predicted molar refractivity (Wildman–Crippen MR) is 52.5 cm³/mol. The van der Waals surface area contributed by atoms with Crippen LogP contribution in [0.4, 0.5) is 0 Å². The molecule has 1 unspecified atom stereocenters. The summed E-state index contributed by atoms with van der Waals surface area (Å²) < 4.78 is 0. The highest BCUT2D eigenvalue weighted by atomic mass is 32.1. The molecule has 0 fully saturated rings. The van der Waals surface area contributed by atoms with Crippen molar-refractivity contribution in [2.45, 2.75) is 45.4 Å². The molecule has 12 heavy (non-hydrogen) atoms. The Morgan fingerprint density at radius 2 is 2.25 bits per heavy atom. The van der Waals surface area contributed by atoms with E-state index in [1.165, 1.54) is 17.8 Å². The predicted octanol–water partition coefficient (Wildman–Crippen LogP) is 3.01. The van der Waals surface area contributed by atoms with E-state index in [-0.39, 0.29) is 5.41 Å². The SMILES string of the molecule is CCCC(C)(CC)c1nncs1. The average molecular weight is 184 g/mol. The molecule has 1 heterocycles. The first-order chi connectivity index (χ1) is 5.73. The minimum absolute atomic E-state index is 0.260. The van der Waals surface area contributed by atoms with Gasteiger partial charge in [0.25, 0.3) is 0 Å². The molecule has 0 saturated carbocycles. The van der Waals surface area contributed by atoms with Gasteiger partial charge < -0.3 is 0 Å². The van der Waals surface area contributed by atoms with Crippen LogP contribution in [0, 0.1) is 0 Å². The summed E-state index contributed by atoms with van der Waals surface area (Å²) in [6, 6.07) is 0. The molecule has 0 saturated heterocycles. The number of nitrogens with zero attached hydrogens (tertiary/aromatic N) is 2. The molecule has 0 aromatic carbocycles. The molecular weight excluding hydrogens is 168 g/mol. The summed E-state index contributed by atoms with van der Waals surface area (Å²) in [5.41, 5.74) is 2.08. The van der Waals surface area contributed by atoms with Crippen molar-refractivity contribution in [2.24, 2.45) is 0 Å². The van der Waals surface area contributed by atoms with Crippen molar-refractivity contribution in [3.8, 4) is 0 Å². The van der Waals surface area contributed by atoms with Gasteiger partial charge in [-0.2, -0.15) is 0 Å². The quantitative estimate of drug-likeness (QED) is 0.719. The second-order valence-electron chi connectivity index (χ2n) is 3.41. The molecule has 0 bridgehead atoms. The summed E-state index contributed by atoms with van der Waals surface area (Å²) in [6.45, 7) is 6.71. The summed E-state index contributed by atoms with van der Waals surface area (Å²) in [7, 11) is 0. The van der Waals surface area contributed by atoms with E-state index in [9.17, 15) is 0 Å². The highest BCUT2D eigenvalue weighted by Crippen LogP contribution is 2.32. The Bertz CT molecular complexity index is 220. The second-order valence-corrected chi connectivity index (χ2v) is 4.24. The summed E-state index contributed by atoms with van der Waals surface area (Å²) in [4.78, 5) is 0. The van der Waals surface area contributed by atoms with Gasteiger partial charge in [-0.3, -0.25) is 0 Å². The van der Waals surface area contributed by atoms with Crippen molar-refractivity contribution in [3.63, 3.8) is 0 Å². The van der Waals surface area contributed by atoms with E-state index in [0.717, 1.165) is 6.42 Å². The molecule has 1 aromatic rings. The normalized spacial score (nSPS) is 15.9. The molecule has 0 spiro atoms. The number of rotatable bonds is 4. The number of aromatic nitrogens is 2. The Hall–Kier alpha value is -0.440. The first kappa shape index (κ1) is 9.65. The fourth-order valence-electron chi connectivity index (χ4n) is 1.42. The molecule has 1 rings (SSSR count). The van der Waals surface area contributed by atoms with Crippen molar-refractivity contribution >= 4 is 11.3 Å². The van der Waals surface area contributed by atoms with Gasteiger partial charge in [-0.15, -0.1) is 21.5 Å². The lowest BCUT2D eigenvalue weighted by Crippen LogP contribution is -2.20. The number of hydrogen-bond donors (Lipinski definition) is 0. The monoisotopic (exact) mass is 184 g/mol. The molecule has 3 heteroatoms. The van der Waals surface area contributed by atoms with E-state index in [2.05, 4.69) is 31.0 Å². The zero-order valence-electron chi connectivity index (χ0n) is 8.00. The molecule has 0 aliphatic carbocycles. The molecule has 1 atom stereocenters. The lowest BCUT2D eigenvalue weighted by molar-refractivity contribution is 0.409. The Kier molecular flexibility index (Phi) is 3.20. The minimum atomic E-state index is 0.260. The molecule has 0 radical (unpaired) electrons. The van der Waals surface area contributed by atoms with Gasteiger partial charge in [0.15, 0.2) is 0 Å². The van der Waals surface area contributed by atoms with E-state index in [1.54, 1.807) is 11.3 Å². The van der Waals surface area contributed by atoms with E-state index in [4.69, 9.17) is 0 Å². The Morgan fingerprint density at radius 3 is 2.67 bits per heavy atom. The van der Waals surface area contributed by atoms with E-state index in [1.807, 2.05) is 5.51 Å². The van der Waals surface area contributed by atoms with Crippen molar-refractivity contribution < 1.29 is 0 Å². The molecule has 1 aromatic heterocycles. The number of hydrogen-bond acceptors (Lipinski definition) is 3. The lowest BCUT2D eigenvalue weighted by Gasteiger charge is -2.24. The average Bonchev–Trinajstić information content (AvgIpc) is 2.57. The van der Waals surface area contributed by atoms with Crippen molar-refractivity contribution in [2.75, 3.05) is 0 Å².